The number of rotatable bonds is 5. The molecule has 0 saturated heterocycles. The van der Waals surface area contributed by atoms with Gasteiger partial charge < -0.3 is 10.0 Å². The summed E-state index contributed by atoms with van der Waals surface area (Å²) in [4.78, 5) is 28.1. The van der Waals surface area contributed by atoms with Crippen molar-refractivity contribution in [3.05, 3.63) is 86.0 Å². The molecule has 1 atom stereocenters. The molecule has 2 heterocycles. The topological polar surface area (TPSA) is 57.6 Å². The minimum absolute atomic E-state index is 0.242. The molecule has 1 aliphatic heterocycles. The molecule has 4 rings (SSSR count). The van der Waals surface area contributed by atoms with Crippen molar-refractivity contribution in [2.45, 2.75) is 25.5 Å². The van der Waals surface area contributed by atoms with Crippen LogP contribution < -0.4 is 4.90 Å². The van der Waals surface area contributed by atoms with Gasteiger partial charge in [-0.25, -0.2) is 0 Å². The van der Waals surface area contributed by atoms with Gasteiger partial charge in [-0.2, -0.15) is 0 Å². The zero-order valence-corrected chi connectivity index (χ0v) is 17.6. The van der Waals surface area contributed by atoms with Crippen molar-refractivity contribution in [1.29, 1.82) is 0 Å². The molecule has 3 aromatic rings. The van der Waals surface area contributed by atoms with Gasteiger partial charge in [0, 0.05) is 10.0 Å². The van der Waals surface area contributed by atoms with Gasteiger partial charge in [-0.15, -0.1) is 11.3 Å². The molecule has 0 fully saturated rings. The predicted molar refractivity (Wildman–Crippen MR) is 114 cm³/mol. The van der Waals surface area contributed by atoms with Crippen LogP contribution in [0.25, 0.3) is 0 Å². The van der Waals surface area contributed by atoms with E-state index in [0.717, 1.165) is 15.6 Å². The molecule has 1 unspecified atom stereocenters. The molecule has 0 aliphatic carbocycles. The summed E-state index contributed by atoms with van der Waals surface area (Å²) < 4.78 is 0.748. The molecular weight excluding hydrogens is 438 g/mol. The number of carbonyl (C=O) groups excluding carboxylic acids is 2. The standard InChI is InChI=1S/C22H18BrNO3S/c1-14-4-6-15(7-5-14)13-24-18-9-8-16(23)11-17(18)22(27,21(24)26)12-19(25)20-3-2-10-28-20/h2-11,27H,12-13H2,1H3. The molecule has 4 nitrogen and oxygen atoms in total. The highest BCUT2D eigenvalue weighted by Crippen LogP contribution is 2.45. The summed E-state index contributed by atoms with van der Waals surface area (Å²) in [5, 5.41) is 13.2. The van der Waals surface area contributed by atoms with Crippen molar-refractivity contribution >= 4 is 44.6 Å². The number of fused-ring (bicyclic) bond motifs is 1. The lowest BCUT2D eigenvalue weighted by atomic mass is 9.89. The fraction of sp³-hybridized carbons (Fsp3) is 0.182. The number of hydrogen-bond donors (Lipinski definition) is 1. The Kier molecular flexibility index (Phi) is 4.95. The summed E-state index contributed by atoms with van der Waals surface area (Å²) in [5.41, 5.74) is 1.32. The van der Waals surface area contributed by atoms with Gasteiger partial charge in [0.1, 0.15) is 0 Å². The first-order valence-corrected chi connectivity index (χ1v) is 10.5. The zero-order chi connectivity index (χ0) is 19.9. The number of benzene rings is 2. The Labute approximate surface area is 175 Å². The van der Waals surface area contributed by atoms with Crippen molar-refractivity contribution < 1.29 is 14.7 Å². The number of aliphatic hydroxyl groups is 1. The number of anilines is 1. The zero-order valence-electron chi connectivity index (χ0n) is 15.2. The molecule has 0 spiro atoms. The molecule has 1 amide bonds. The van der Waals surface area contributed by atoms with Gasteiger partial charge >= 0.3 is 0 Å². The van der Waals surface area contributed by atoms with Crippen LogP contribution in [0.3, 0.4) is 0 Å². The predicted octanol–water partition coefficient (Wildman–Crippen LogP) is 4.83. The number of hydrogen-bond acceptors (Lipinski definition) is 4. The molecule has 1 aromatic heterocycles. The highest BCUT2D eigenvalue weighted by Gasteiger charge is 2.51. The third-order valence-electron chi connectivity index (χ3n) is 4.97. The Morgan fingerprint density at radius 3 is 2.61 bits per heavy atom. The minimum Gasteiger partial charge on any atom is -0.375 e. The van der Waals surface area contributed by atoms with E-state index in [1.165, 1.54) is 11.3 Å². The summed E-state index contributed by atoms with van der Waals surface area (Å²) in [6, 6.07) is 16.8. The first-order chi connectivity index (χ1) is 13.4. The van der Waals surface area contributed by atoms with Crippen molar-refractivity contribution in [2.75, 3.05) is 4.90 Å². The van der Waals surface area contributed by atoms with E-state index in [2.05, 4.69) is 15.9 Å². The Bertz CT molecular complexity index is 1050. The molecule has 0 saturated carbocycles. The number of aryl methyl sites for hydroxylation is 1. The van der Waals surface area contributed by atoms with Crippen molar-refractivity contribution in [3.8, 4) is 0 Å². The Balaban J connectivity index is 1.72. The maximum Gasteiger partial charge on any atom is 0.264 e. The largest absolute Gasteiger partial charge is 0.375 e. The quantitative estimate of drug-likeness (QED) is 0.560. The van der Waals surface area contributed by atoms with Crippen molar-refractivity contribution in [2.24, 2.45) is 0 Å². The third kappa shape index (κ3) is 3.32. The molecule has 1 aliphatic rings. The number of halogens is 1. The van der Waals surface area contributed by atoms with E-state index < -0.39 is 11.5 Å². The van der Waals surface area contributed by atoms with E-state index in [0.29, 0.717) is 22.7 Å². The molecule has 0 bridgehead atoms. The Morgan fingerprint density at radius 1 is 1.18 bits per heavy atom. The lowest BCUT2D eigenvalue weighted by molar-refractivity contribution is -0.136. The van der Waals surface area contributed by atoms with Crippen LogP contribution in [0.1, 0.15) is 32.8 Å². The minimum atomic E-state index is -1.87. The second kappa shape index (κ2) is 7.28. The van der Waals surface area contributed by atoms with Crippen molar-refractivity contribution in [1.82, 2.24) is 0 Å². The maximum atomic E-state index is 13.3. The molecular formula is C22H18BrNO3S. The van der Waals surface area contributed by atoms with Gasteiger partial charge in [0.25, 0.3) is 5.91 Å². The van der Waals surface area contributed by atoms with Gasteiger partial charge in [-0.1, -0.05) is 51.8 Å². The van der Waals surface area contributed by atoms with Crippen LogP contribution in [0.4, 0.5) is 5.69 Å². The molecule has 28 heavy (non-hydrogen) atoms. The lowest BCUT2D eigenvalue weighted by Gasteiger charge is -2.22. The normalized spacial score (nSPS) is 18.4. The van der Waals surface area contributed by atoms with Crippen LogP contribution >= 0.6 is 27.3 Å². The fourth-order valence-corrected chi connectivity index (χ4v) is 4.51. The lowest BCUT2D eigenvalue weighted by Crippen LogP contribution is -2.41. The molecule has 0 radical (unpaired) electrons. The smallest absolute Gasteiger partial charge is 0.264 e. The highest BCUT2D eigenvalue weighted by atomic mass is 79.9. The van der Waals surface area contributed by atoms with Crippen molar-refractivity contribution in [3.63, 3.8) is 0 Å². The van der Waals surface area contributed by atoms with Crippen LogP contribution in [0.15, 0.2) is 64.5 Å². The van der Waals surface area contributed by atoms with E-state index in [4.69, 9.17) is 0 Å². The second-order valence-corrected chi connectivity index (χ2v) is 8.84. The van der Waals surface area contributed by atoms with Crippen LogP contribution in [0, 0.1) is 6.92 Å². The van der Waals surface area contributed by atoms with Gasteiger partial charge in [0.05, 0.1) is 23.5 Å². The molecule has 142 valence electrons. The summed E-state index contributed by atoms with van der Waals surface area (Å²) in [6.07, 6.45) is -0.278. The van der Waals surface area contributed by atoms with Crippen LogP contribution in [0.5, 0.6) is 0 Å². The van der Waals surface area contributed by atoms with E-state index in [1.807, 2.05) is 42.6 Å². The first-order valence-electron chi connectivity index (χ1n) is 8.85. The summed E-state index contributed by atoms with van der Waals surface area (Å²) in [5.74, 6) is -0.708. The number of thiophene rings is 1. The SMILES string of the molecule is Cc1ccc(CN2C(=O)C(O)(CC(=O)c3cccs3)c3cc(Br)ccc32)cc1. The van der Waals surface area contributed by atoms with Gasteiger partial charge in [-0.3, -0.25) is 9.59 Å². The van der Waals surface area contributed by atoms with Crippen LogP contribution in [-0.2, 0) is 16.9 Å². The van der Waals surface area contributed by atoms with E-state index in [1.54, 1.807) is 29.2 Å². The van der Waals surface area contributed by atoms with E-state index >= 15 is 0 Å². The average Bonchev–Trinajstić information content (AvgIpc) is 3.27. The van der Waals surface area contributed by atoms with E-state index in [9.17, 15) is 14.7 Å². The molecule has 2 aromatic carbocycles. The number of amides is 1. The van der Waals surface area contributed by atoms with Gasteiger partial charge in [-0.05, 0) is 42.1 Å². The Hall–Kier alpha value is -2.28. The summed E-state index contributed by atoms with van der Waals surface area (Å²) in [6.45, 7) is 2.34. The molecule has 6 heteroatoms. The number of Topliss-reactive ketones (excluding diaryl/α,β-unsaturated/α-hetero) is 1. The van der Waals surface area contributed by atoms with E-state index in [-0.39, 0.29) is 12.2 Å². The first kappa shape index (κ1) is 19.1. The second-order valence-electron chi connectivity index (χ2n) is 6.98. The molecule has 1 N–H and O–H groups in total. The Morgan fingerprint density at radius 2 is 1.93 bits per heavy atom. The third-order valence-corrected chi connectivity index (χ3v) is 6.37. The average molecular weight is 456 g/mol. The number of ketones is 1. The monoisotopic (exact) mass is 455 g/mol. The summed E-state index contributed by atoms with van der Waals surface area (Å²) >= 11 is 4.72. The van der Waals surface area contributed by atoms with Gasteiger partial charge in [0.15, 0.2) is 11.4 Å². The number of nitrogens with zero attached hydrogens (tertiary/aromatic N) is 1. The summed E-state index contributed by atoms with van der Waals surface area (Å²) in [7, 11) is 0. The van der Waals surface area contributed by atoms with Gasteiger partial charge in [0.2, 0.25) is 0 Å². The number of carbonyl (C=O) groups is 2. The fourth-order valence-electron chi connectivity index (χ4n) is 3.48. The maximum absolute atomic E-state index is 13.3. The highest BCUT2D eigenvalue weighted by molar-refractivity contribution is 9.10. The van der Waals surface area contributed by atoms with Crippen LogP contribution in [-0.4, -0.2) is 16.8 Å². The van der Waals surface area contributed by atoms with Crippen LogP contribution in [0.2, 0.25) is 0 Å².